The minimum atomic E-state index is 0.391. The van der Waals surface area contributed by atoms with Crippen molar-refractivity contribution in [3.05, 3.63) is 73.8 Å². The molecule has 0 saturated heterocycles. The number of aryl methyl sites for hydroxylation is 1. The molecule has 0 saturated carbocycles. The van der Waals surface area contributed by atoms with Gasteiger partial charge in [0.25, 0.3) is 0 Å². The number of nitrogens with zero attached hydrogens (tertiary/aromatic N) is 2. The Morgan fingerprint density at radius 2 is 1.74 bits per heavy atom. The maximum atomic E-state index is 6.24. The molecule has 0 aliphatic heterocycles. The number of nitrogens with one attached hydrogen (secondary N) is 2. The second-order valence-corrected chi connectivity index (χ2v) is 7.84. The van der Waals surface area contributed by atoms with Crippen LogP contribution in [0.15, 0.2) is 42.5 Å². The van der Waals surface area contributed by atoms with Crippen molar-refractivity contribution in [3.63, 3.8) is 0 Å². The lowest BCUT2D eigenvalue weighted by Gasteiger charge is -2.09. The Morgan fingerprint density at radius 1 is 0.963 bits per heavy atom. The van der Waals surface area contributed by atoms with Crippen molar-refractivity contribution in [1.29, 1.82) is 0 Å². The number of hydrogen-bond acceptors (Lipinski definition) is 2. The van der Waals surface area contributed by atoms with Gasteiger partial charge in [0.1, 0.15) is 0 Å². The third kappa shape index (κ3) is 5.27. The molecular weight excluding hydrogens is 446 g/mol. The molecule has 0 amide bonds. The van der Waals surface area contributed by atoms with E-state index in [9.17, 15) is 0 Å². The molecule has 2 aromatic carbocycles. The van der Waals surface area contributed by atoms with E-state index in [0.717, 1.165) is 16.9 Å². The van der Waals surface area contributed by atoms with Crippen LogP contribution in [0.2, 0.25) is 20.1 Å². The minimum Gasteiger partial charge on any atom is -0.332 e. The van der Waals surface area contributed by atoms with Gasteiger partial charge in [0.2, 0.25) is 0 Å². The van der Waals surface area contributed by atoms with Crippen molar-refractivity contribution in [3.8, 4) is 0 Å². The monoisotopic (exact) mass is 458 g/mol. The first-order valence-corrected chi connectivity index (χ1v) is 9.75. The van der Waals surface area contributed by atoms with Gasteiger partial charge in [-0.15, -0.1) is 0 Å². The van der Waals surface area contributed by atoms with Crippen LogP contribution in [0.5, 0.6) is 0 Å². The zero-order chi connectivity index (χ0) is 19.6. The summed E-state index contributed by atoms with van der Waals surface area (Å²) in [6.45, 7) is 2.48. The molecule has 140 valence electrons. The Hall–Kier alpha value is -1.50. The van der Waals surface area contributed by atoms with E-state index >= 15 is 0 Å². The van der Waals surface area contributed by atoms with E-state index in [2.05, 4.69) is 15.7 Å². The summed E-state index contributed by atoms with van der Waals surface area (Å²) in [6.07, 6.45) is 0. The van der Waals surface area contributed by atoms with Gasteiger partial charge in [0.15, 0.2) is 10.9 Å². The van der Waals surface area contributed by atoms with Gasteiger partial charge in [-0.1, -0.05) is 52.5 Å². The Bertz CT molecular complexity index is 1000. The largest absolute Gasteiger partial charge is 0.332 e. The molecule has 0 radical (unpaired) electrons. The SMILES string of the molecule is Cc1cc(NC(=S)Nc2ccc(Cl)c(Cl)c2)nn1Cc1ccc(Cl)cc1Cl. The average Bonchev–Trinajstić information content (AvgIpc) is 2.92. The highest BCUT2D eigenvalue weighted by Gasteiger charge is 2.09. The molecule has 27 heavy (non-hydrogen) atoms. The molecule has 1 heterocycles. The second kappa shape index (κ2) is 8.67. The van der Waals surface area contributed by atoms with Gasteiger partial charge in [-0.05, 0) is 55.0 Å². The number of hydrogen-bond donors (Lipinski definition) is 2. The average molecular weight is 460 g/mol. The first-order chi connectivity index (χ1) is 12.8. The minimum absolute atomic E-state index is 0.391. The Balaban J connectivity index is 1.68. The number of rotatable bonds is 4. The van der Waals surface area contributed by atoms with Crippen LogP contribution >= 0.6 is 58.6 Å². The lowest BCUT2D eigenvalue weighted by Crippen LogP contribution is -2.19. The molecule has 9 heteroatoms. The van der Waals surface area contributed by atoms with Crippen molar-refractivity contribution in [2.75, 3.05) is 10.6 Å². The summed E-state index contributed by atoms with van der Waals surface area (Å²) in [7, 11) is 0. The van der Waals surface area contributed by atoms with Crippen molar-refractivity contribution in [1.82, 2.24) is 9.78 Å². The van der Waals surface area contributed by atoms with Gasteiger partial charge in [-0.25, -0.2) is 0 Å². The van der Waals surface area contributed by atoms with Crippen LogP contribution in [0.4, 0.5) is 11.5 Å². The zero-order valence-corrected chi connectivity index (χ0v) is 17.9. The Labute approximate surface area is 182 Å². The van der Waals surface area contributed by atoms with E-state index in [1.165, 1.54) is 0 Å². The summed E-state index contributed by atoms with van der Waals surface area (Å²) < 4.78 is 1.83. The van der Waals surface area contributed by atoms with Gasteiger partial charge in [0.05, 0.1) is 16.6 Å². The Morgan fingerprint density at radius 3 is 2.44 bits per heavy atom. The van der Waals surface area contributed by atoms with Crippen molar-refractivity contribution < 1.29 is 0 Å². The third-order valence-corrected chi connectivity index (χ3v) is 5.27. The topological polar surface area (TPSA) is 41.9 Å². The number of halogens is 4. The molecule has 0 aliphatic carbocycles. The van der Waals surface area contributed by atoms with E-state index in [1.54, 1.807) is 30.3 Å². The fourth-order valence-electron chi connectivity index (χ4n) is 2.40. The lowest BCUT2D eigenvalue weighted by atomic mass is 10.2. The molecular formula is C18H14Cl4N4S. The predicted octanol–water partition coefficient (Wildman–Crippen LogP) is 6.66. The smallest absolute Gasteiger partial charge is 0.176 e. The molecule has 0 atom stereocenters. The van der Waals surface area contributed by atoms with Gasteiger partial charge in [0, 0.05) is 27.5 Å². The standard InChI is InChI=1S/C18H14Cl4N4S/c1-10-6-17(24-18(27)23-13-4-5-14(20)16(22)8-13)25-26(10)9-11-2-3-12(19)7-15(11)21/h2-8H,9H2,1H3,(H2,23,24,25,27). The van der Waals surface area contributed by atoms with Crippen LogP contribution in [0.25, 0.3) is 0 Å². The summed E-state index contributed by atoms with van der Waals surface area (Å²) in [5.74, 6) is 0.621. The van der Waals surface area contributed by atoms with Crippen molar-refractivity contribution in [2.24, 2.45) is 0 Å². The van der Waals surface area contributed by atoms with Crippen molar-refractivity contribution in [2.45, 2.75) is 13.5 Å². The summed E-state index contributed by atoms with van der Waals surface area (Å²) in [5.41, 5.74) is 2.61. The molecule has 4 nitrogen and oxygen atoms in total. The highest BCUT2D eigenvalue weighted by Crippen LogP contribution is 2.25. The molecule has 2 N–H and O–H groups in total. The van der Waals surface area contributed by atoms with Gasteiger partial charge in [-0.2, -0.15) is 5.10 Å². The fraction of sp³-hybridized carbons (Fsp3) is 0.111. The van der Waals surface area contributed by atoms with Crippen LogP contribution in [0.3, 0.4) is 0 Å². The number of aromatic nitrogens is 2. The molecule has 0 bridgehead atoms. The van der Waals surface area contributed by atoms with Crippen LogP contribution in [-0.2, 0) is 6.54 Å². The van der Waals surface area contributed by atoms with E-state index in [1.807, 2.05) is 23.7 Å². The van der Waals surface area contributed by atoms with E-state index in [0.29, 0.717) is 37.6 Å². The Kier molecular flexibility index (Phi) is 6.50. The molecule has 0 aliphatic rings. The number of benzene rings is 2. The molecule has 0 unspecified atom stereocenters. The maximum Gasteiger partial charge on any atom is 0.176 e. The highest BCUT2D eigenvalue weighted by atomic mass is 35.5. The molecule has 0 fully saturated rings. The first kappa shape index (κ1) is 20.2. The molecule has 3 aromatic rings. The first-order valence-electron chi connectivity index (χ1n) is 7.83. The number of anilines is 2. The van der Waals surface area contributed by atoms with Crippen LogP contribution in [-0.4, -0.2) is 14.9 Å². The second-order valence-electron chi connectivity index (χ2n) is 5.77. The van der Waals surface area contributed by atoms with Crippen LogP contribution < -0.4 is 10.6 Å². The molecule has 3 rings (SSSR count). The quantitative estimate of drug-likeness (QED) is 0.428. The predicted molar refractivity (Wildman–Crippen MR) is 119 cm³/mol. The summed E-state index contributed by atoms with van der Waals surface area (Å²) in [6, 6.07) is 12.5. The van der Waals surface area contributed by atoms with Crippen molar-refractivity contribution >= 4 is 75.2 Å². The molecule has 0 spiro atoms. The lowest BCUT2D eigenvalue weighted by molar-refractivity contribution is 0.668. The summed E-state index contributed by atoms with van der Waals surface area (Å²) in [4.78, 5) is 0. The highest BCUT2D eigenvalue weighted by molar-refractivity contribution is 7.80. The number of thiocarbonyl (C=S) groups is 1. The third-order valence-electron chi connectivity index (χ3n) is 3.74. The summed E-state index contributed by atoms with van der Waals surface area (Å²) in [5, 5.41) is 13.1. The van der Waals surface area contributed by atoms with E-state index in [4.69, 9.17) is 58.6 Å². The van der Waals surface area contributed by atoms with Gasteiger partial charge >= 0.3 is 0 Å². The van der Waals surface area contributed by atoms with Crippen LogP contribution in [0, 0.1) is 6.92 Å². The van der Waals surface area contributed by atoms with Gasteiger partial charge in [-0.3, -0.25) is 4.68 Å². The normalized spacial score (nSPS) is 10.7. The maximum absolute atomic E-state index is 6.24. The molecule has 1 aromatic heterocycles. The van der Waals surface area contributed by atoms with E-state index < -0.39 is 0 Å². The van der Waals surface area contributed by atoms with Crippen LogP contribution in [0.1, 0.15) is 11.3 Å². The van der Waals surface area contributed by atoms with E-state index in [-0.39, 0.29) is 0 Å². The fourth-order valence-corrected chi connectivity index (χ4v) is 3.38. The van der Waals surface area contributed by atoms with Gasteiger partial charge < -0.3 is 10.6 Å². The zero-order valence-electron chi connectivity index (χ0n) is 14.1. The summed E-state index contributed by atoms with van der Waals surface area (Å²) >= 11 is 29.4.